The van der Waals surface area contributed by atoms with Crippen LogP contribution in [0.25, 0.3) is 6.08 Å². The highest BCUT2D eigenvalue weighted by Gasteiger charge is 2.22. The summed E-state index contributed by atoms with van der Waals surface area (Å²) in [5.41, 5.74) is 5.97. The second-order valence-corrected chi connectivity index (χ2v) is 9.13. The first-order valence-electron chi connectivity index (χ1n) is 12.8. The van der Waals surface area contributed by atoms with Crippen molar-refractivity contribution in [3.63, 3.8) is 0 Å². The van der Waals surface area contributed by atoms with Crippen LogP contribution in [-0.2, 0) is 17.8 Å². The number of carbonyl (C=O) groups excluding carboxylic acids is 1. The van der Waals surface area contributed by atoms with Crippen molar-refractivity contribution in [1.29, 1.82) is 0 Å². The van der Waals surface area contributed by atoms with Crippen molar-refractivity contribution >= 4 is 12.0 Å². The van der Waals surface area contributed by atoms with Crippen LogP contribution < -0.4 is 16.0 Å². The lowest BCUT2D eigenvalue weighted by atomic mass is 10.0. The molecule has 0 aliphatic carbocycles. The van der Waals surface area contributed by atoms with Gasteiger partial charge in [-0.25, -0.2) is 0 Å². The van der Waals surface area contributed by atoms with Crippen LogP contribution in [0.3, 0.4) is 0 Å². The van der Waals surface area contributed by atoms with Crippen LogP contribution in [0.4, 0.5) is 0 Å². The predicted molar refractivity (Wildman–Crippen MR) is 150 cm³/mol. The van der Waals surface area contributed by atoms with Gasteiger partial charge in [-0.1, -0.05) is 56.0 Å². The van der Waals surface area contributed by atoms with E-state index in [1.165, 1.54) is 36.0 Å². The predicted octanol–water partition coefficient (Wildman–Crippen LogP) is 5.09. The normalized spacial score (nSPS) is 13.8. The highest BCUT2D eigenvalue weighted by atomic mass is 16.2. The molecule has 0 aromatic heterocycles. The number of benzene rings is 1. The second-order valence-electron chi connectivity index (χ2n) is 9.13. The fourth-order valence-electron chi connectivity index (χ4n) is 4.36. The minimum absolute atomic E-state index is 0.0451. The number of amides is 1. The molecule has 0 radical (unpaired) electrons. The van der Waals surface area contributed by atoms with E-state index in [4.69, 9.17) is 0 Å². The lowest BCUT2D eigenvalue weighted by Crippen LogP contribution is -2.43. The summed E-state index contributed by atoms with van der Waals surface area (Å²) >= 11 is 0. The summed E-state index contributed by atoms with van der Waals surface area (Å²) in [6, 6.07) is 6.41. The maximum absolute atomic E-state index is 12.4. The van der Waals surface area contributed by atoms with Crippen LogP contribution >= 0.6 is 0 Å². The van der Waals surface area contributed by atoms with Crippen LogP contribution in [0.5, 0.6) is 0 Å². The lowest BCUT2D eigenvalue weighted by molar-refractivity contribution is -0.125. The van der Waals surface area contributed by atoms with Crippen molar-refractivity contribution in [2.45, 2.75) is 57.5 Å². The molecule has 1 unspecified atom stereocenters. The number of allylic oxidation sites excluding steroid dienone is 4. The fourth-order valence-corrected chi connectivity index (χ4v) is 4.36. The van der Waals surface area contributed by atoms with Gasteiger partial charge in [-0.15, -0.1) is 6.58 Å². The van der Waals surface area contributed by atoms with E-state index in [0.29, 0.717) is 6.54 Å². The van der Waals surface area contributed by atoms with Gasteiger partial charge in [0.2, 0.25) is 5.91 Å². The third-order valence-corrected chi connectivity index (χ3v) is 6.50. The number of hydrogen-bond donors (Lipinski definition) is 3. The molecule has 190 valence electrons. The monoisotopic (exact) mass is 476 g/mol. The maximum Gasteiger partial charge on any atom is 0.237 e. The first-order chi connectivity index (χ1) is 17.0. The van der Waals surface area contributed by atoms with Crippen molar-refractivity contribution in [2.75, 3.05) is 27.2 Å². The average Bonchev–Trinajstić information content (AvgIpc) is 2.86. The molecule has 2 rings (SSSR count). The first-order valence-corrected chi connectivity index (χ1v) is 12.8. The number of nitrogens with zero attached hydrogens (tertiary/aromatic N) is 1. The van der Waals surface area contributed by atoms with Gasteiger partial charge in [-0.2, -0.15) is 0 Å². The molecule has 5 heteroatoms. The summed E-state index contributed by atoms with van der Waals surface area (Å²) in [7, 11) is 3.71. The third-order valence-electron chi connectivity index (χ3n) is 6.50. The molecule has 0 fully saturated rings. The number of dihydropyridines is 1. The summed E-state index contributed by atoms with van der Waals surface area (Å²) in [5.74, 6) is 0.0451. The standard InChI is InChI=1S/C30H44N4O/c1-6-8-15-29(30(35)31-4)34(5)23-28-22-25(16-17-26(28)7-2)18-21-32-19-11-9-10-13-27-14-12-20-33-24(27)3/h6-7,12,14,16-17,20,22,29,32-33H,1-3,8-11,13,15,18-19,21,23H2,4-5H3,(H,31,35). The smallest absolute Gasteiger partial charge is 0.237 e. The average molecular weight is 477 g/mol. The molecule has 0 saturated heterocycles. The summed E-state index contributed by atoms with van der Waals surface area (Å²) in [6.07, 6.45) is 17.1. The van der Waals surface area contributed by atoms with E-state index >= 15 is 0 Å². The molecule has 0 spiro atoms. The molecule has 1 aromatic carbocycles. The van der Waals surface area contributed by atoms with Crippen LogP contribution in [0.15, 0.2) is 73.6 Å². The lowest BCUT2D eigenvalue weighted by Gasteiger charge is -2.27. The minimum Gasteiger partial charge on any atom is -0.362 e. The molecule has 35 heavy (non-hydrogen) atoms. The molecule has 0 saturated carbocycles. The third kappa shape index (κ3) is 9.71. The molecular weight excluding hydrogens is 432 g/mol. The van der Waals surface area contributed by atoms with Crippen molar-refractivity contribution in [3.05, 3.63) is 90.3 Å². The Bertz CT molecular complexity index is 915. The van der Waals surface area contributed by atoms with Gasteiger partial charge in [0.15, 0.2) is 0 Å². The van der Waals surface area contributed by atoms with E-state index in [-0.39, 0.29) is 11.9 Å². The van der Waals surface area contributed by atoms with E-state index < -0.39 is 0 Å². The van der Waals surface area contributed by atoms with Gasteiger partial charge in [0.05, 0.1) is 6.04 Å². The SMILES string of the molecule is C=CCCC(C(=O)NC)N(C)Cc1cc(CCNCCCCCC2=CC=CNC2=C)ccc1C=C. The summed E-state index contributed by atoms with van der Waals surface area (Å²) < 4.78 is 0. The summed E-state index contributed by atoms with van der Waals surface area (Å²) in [5, 5.41) is 9.56. The van der Waals surface area contributed by atoms with Crippen molar-refractivity contribution in [1.82, 2.24) is 20.9 Å². The molecule has 0 bridgehead atoms. The van der Waals surface area contributed by atoms with Gasteiger partial charge < -0.3 is 16.0 Å². The number of hydrogen-bond acceptors (Lipinski definition) is 4. The van der Waals surface area contributed by atoms with Crippen molar-refractivity contribution in [3.8, 4) is 0 Å². The Morgan fingerprint density at radius 2 is 2.00 bits per heavy atom. The molecule has 1 amide bonds. The van der Waals surface area contributed by atoms with Crippen LogP contribution in [0, 0.1) is 0 Å². The Labute approximate surface area is 212 Å². The molecular formula is C30H44N4O. The maximum atomic E-state index is 12.4. The van der Waals surface area contributed by atoms with Gasteiger partial charge in [0, 0.05) is 25.5 Å². The van der Waals surface area contributed by atoms with Crippen LogP contribution in [0.1, 0.15) is 55.2 Å². The number of carbonyl (C=O) groups is 1. The van der Waals surface area contributed by atoms with Gasteiger partial charge in [0.1, 0.15) is 0 Å². The van der Waals surface area contributed by atoms with Gasteiger partial charge in [-0.05, 0) is 87.0 Å². The Morgan fingerprint density at radius 3 is 2.71 bits per heavy atom. The zero-order chi connectivity index (χ0) is 25.5. The van der Waals surface area contributed by atoms with Gasteiger partial charge >= 0.3 is 0 Å². The molecule has 1 aromatic rings. The molecule has 1 heterocycles. The van der Waals surface area contributed by atoms with Gasteiger partial charge in [-0.3, -0.25) is 9.69 Å². The largest absolute Gasteiger partial charge is 0.362 e. The summed E-state index contributed by atoms with van der Waals surface area (Å²) in [6.45, 7) is 14.5. The molecule has 5 nitrogen and oxygen atoms in total. The van der Waals surface area contributed by atoms with E-state index in [1.54, 1.807) is 7.05 Å². The van der Waals surface area contributed by atoms with Crippen LogP contribution in [0.2, 0.25) is 0 Å². The zero-order valence-corrected chi connectivity index (χ0v) is 21.7. The fraction of sp³-hybridized carbons (Fsp3) is 0.433. The minimum atomic E-state index is -0.179. The van der Waals surface area contributed by atoms with Gasteiger partial charge in [0.25, 0.3) is 0 Å². The topological polar surface area (TPSA) is 56.4 Å². The number of rotatable bonds is 17. The summed E-state index contributed by atoms with van der Waals surface area (Å²) in [4.78, 5) is 14.5. The molecule has 1 aliphatic rings. The molecule has 3 N–H and O–H groups in total. The molecule has 1 atom stereocenters. The Balaban J connectivity index is 1.78. The van der Waals surface area contributed by atoms with E-state index in [1.807, 2.05) is 31.5 Å². The Hall–Kier alpha value is -2.89. The van der Waals surface area contributed by atoms with Crippen LogP contribution in [-0.4, -0.2) is 44.0 Å². The highest BCUT2D eigenvalue weighted by molar-refractivity contribution is 5.81. The first kappa shape index (κ1) is 28.3. The Kier molecular flexibility index (Phi) is 12.9. The quantitative estimate of drug-likeness (QED) is 0.216. The van der Waals surface area contributed by atoms with E-state index in [9.17, 15) is 4.79 Å². The zero-order valence-electron chi connectivity index (χ0n) is 21.7. The Morgan fingerprint density at radius 1 is 1.17 bits per heavy atom. The number of nitrogens with one attached hydrogen (secondary N) is 3. The van der Waals surface area contributed by atoms with Crippen molar-refractivity contribution in [2.24, 2.45) is 0 Å². The van der Waals surface area contributed by atoms with E-state index in [0.717, 1.165) is 50.0 Å². The van der Waals surface area contributed by atoms with E-state index in [2.05, 4.69) is 64.9 Å². The number of unbranched alkanes of at least 4 members (excludes halogenated alkanes) is 2. The van der Waals surface area contributed by atoms with Crippen molar-refractivity contribution < 1.29 is 4.79 Å². The highest BCUT2D eigenvalue weighted by Crippen LogP contribution is 2.19. The number of likely N-dealkylation sites (N-methyl/N-ethyl adjacent to an activating group) is 2. The second kappa shape index (κ2) is 15.9. The molecule has 1 aliphatic heterocycles.